The number of hydrogen-bond acceptors (Lipinski definition) is 3. The third kappa shape index (κ3) is 1.30. The Bertz CT molecular complexity index is 292. The largest absolute Gasteiger partial charge is 0.366 e. The first-order valence-electron chi connectivity index (χ1n) is 4.07. The van der Waals surface area contributed by atoms with E-state index in [4.69, 9.17) is 0 Å². The molecule has 0 spiro atoms. The van der Waals surface area contributed by atoms with Gasteiger partial charge in [0.05, 0.1) is 6.54 Å². The molecule has 1 aromatic heterocycles. The van der Waals surface area contributed by atoms with Gasteiger partial charge in [0.25, 0.3) is 0 Å². The molecule has 0 amide bonds. The Morgan fingerprint density at radius 1 is 1.42 bits per heavy atom. The Balaban J connectivity index is 2.22. The van der Waals surface area contributed by atoms with Gasteiger partial charge in [-0.25, -0.2) is 0 Å². The number of rotatable bonds is 1. The molecule has 2 rings (SSSR count). The molecule has 0 radical (unpaired) electrons. The maximum atomic E-state index is 4.36. The van der Waals surface area contributed by atoms with Crippen LogP contribution in [-0.2, 0) is 0 Å². The van der Waals surface area contributed by atoms with E-state index in [-0.39, 0.29) is 0 Å². The van der Waals surface area contributed by atoms with Crippen LogP contribution in [0.25, 0.3) is 0 Å². The van der Waals surface area contributed by atoms with Gasteiger partial charge in [-0.15, -0.1) is 0 Å². The Hall–Kier alpha value is -1.38. The summed E-state index contributed by atoms with van der Waals surface area (Å²) >= 11 is 0. The Morgan fingerprint density at radius 2 is 2.17 bits per heavy atom. The Morgan fingerprint density at radius 3 is 2.75 bits per heavy atom. The molecule has 12 heavy (non-hydrogen) atoms. The number of nitrogens with zero attached hydrogens (tertiary/aromatic N) is 2. The summed E-state index contributed by atoms with van der Waals surface area (Å²) in [7, 11) is 0. The number of hydrogen-bond donors (Lipinski definition) is 1. The van der Waals surface area contributed by atoms with Gasteiger partial charge in [0, 0.05) is 24.0 Å². The molecule has 3 nitrogen and oxygen atoms in total. The fraction of sp³-hybridized carbons (Fsp3) is 0.333. The van der Waals surface area contributed by atoms with Crippen LogP contribution in [0.15, 0.2) is 29.5 Å². The molecule has 0 aliphatic carbocycles. The monoisotopic (exact) mass is 161 g/mol. The molecule has 3 heteroatoms. The number of nitrogens with one attached hydrogen (secondary N) is 1. The second-order valence-corrected chi connectivity index (χ2v) is 2.97. The van der Waals surface area contributed by atoms with Crippen LogP contribution >= 0.6 is 0 Å². The van der Waals surface area contributed by atoms with Crippen LogP contribution in [-0.4, -0.2) is 23.4 Å². The lowest BCUT2D eigenvalue weighted by Crippen LogP contribution is -2.27. The summed E-state index contributed by atoms with van der Waals surface area (Å²) in [5.41, 5.74) is 1.12. The van der Waals surface area contributed by atoms with Gasteiger partial charge < -0.3 is 5.32 Å². The first kappa shape index (κ1) is 7.28. The van der Waals surface area contributed by atoms with E-state index in [0.717, 1.165) is 17.9 Å². The third-order valence-electron chi connectivity index (χ3n) is 1.86. The highest BCUT2D eigenvalue weighted by molar-refractivity contribution is 5.99. The van der Waals surface area contributed by atoms with Crippen molar-refractivity contribution in [1.29, 1.82) is 0 Å². The van der Waals surface area contributed by atoms with Gasteiger partial charge in [0.2, 0.25) is 0 Å². The highest BCUT2D eigenvalue weighted by Gasteiger charge is 2.12. The van der Waals surface area contributed by atoms with Crippen LogP contribution in [0.3, 0.4) is 0 Å². The third-order valence-corrected chi connectivity index (χ3v) is 1.86. The van der Waals surface area contributed by atoms with Crippen molar-refractivity contribution in [3.63, 3.8) is 0 Å². The lowest BCUT2D eigenvalue weighted by atomic mass is 10.2. The molecular weight excluding hydrogens is 150 g/mol. The number of aliphatic imine (C=N–C) groups is 1. The summed E-state index contributed by atoms with van der Waals surface area (Å²) in [6.45, 7) is 3.00. The van der Waals surface area contributed by atoms with Crippen molar-refractivity contribution >= 4 is 5.84 Å². The van der Waals surface area contributed by atoms with E-state index >= 15 is 0 Å². The van der Waals surface area contributed by atoms with Crippen molar-refractivity contribution in [1.82, 2.24) is 10.3 Å². The van der Waals surface area contributed by atoms with Crippen LogP contribution in [0.1, 0.15) is 12.5 Å². The van der Waals surface area contributed by atoms with Crippen molar-refractivity contribution in [2.45, 2.75) is 13.0 Å². The highest BCUT2D eigenvalue weighted by atomic mass is 15.1. The van der Waals surface area contributed by atoms with Crippen molar-refractivity contribution in [3.05, 3.63) is 30.1 Å². The van der Waals surface area contributed by atoms with Gasteiger partial charge in [0.15, 0.2) is 0 Å². The SMILES string of the molecule is CC1CN=C(c2ccncc2)N1. The molecule has 0 saturated heterocycles. The lowest BCUT2D eigenvalue weighted by Gasteiger charge is -2.04. The summed E-state index contributed by atoms with van der Waals surface area (Å²) in [4.78, 5) is 8.32. The van der Waals surface area contributed by atoms with Crippen molar-refractivity contribution in [3.8, 4) is 0 Å². The first-order valence-corrected chi connectivity index (χ1v) is 4.07. The zero-order valence-corrected chi connectivity index (χ0v) is 6.99. The average Bonchev–Trinajstić information content (AvgIpc) is 2.54. The van der Waals surface area contributed by atoms with Crippen molar-refractivity contribution in [2.75, 3.05) is 6.54 Å². The summed E-state index contributed by atoms with van der Waals surface area (Å²) < 4.78 is 0. The molecule has 0 fully saturated rings. The predicted molar refractivity (Wildman–Crippen MR) is 48.2 cm³/mol. The second-order valence-electron chi connectivity index (χ2n) is 2.97. The molecular formula is C9H11N3. The maximum Gasteiger partial charge on any atom is 0.128 e. The fourth-order valence-electron chi connectivity index (χ4n) is 1.24. The van der Waals surface area contributed by atoms with E-state index in [1.165, 1.54) is 0 Å². The molecule has 2 heterocycles. The lowest BCUT2D eigenvalue weighted by molar-refractivity contribution is 0.726. The van der Waals surface area contributed by atoms with E-state index in [1.54, 1.807) is 12.4 Å². The van der Waals surface area contributed by atoms with Gasteiger partial charge in [-0.1, -0.05) is 0 Å². The molecule has 1 aliphatic heterocycles. The van der Waals surface area contributed by atoms with E-state index < -0.39 is 0 Å². The van der Waals surface area contributed by atoms with E-state index in [2.05, 4.69) is 22.2 Å². The minimum atomic E-state index is 0.466. The molecule has 1 atom stereocenters. The van der Waals surface area contributed by atoms with Crippen LogP contribution < -0.4 is 5.32 Å². The number of pyridine rings is 1. The molecule has 0 bridgehead atoms. The van der Waals surface area contributed by atoms with Crippen LogP contribution in [0.5, 0.6) is 0 Å². The van der Waals surface area contributed by atoms with Gasteiger partial charge in [-0.2, -0.15) is 0 Å². The van der Waals surface area contributed by atoms with Crippen molar-refractivity contribution in [2.24, 2.45) is 4.99 Å². The minimum absolute atomic E-state index is 0.466. The topological polar surface area (TPSA) is 37.3 Å². The molecule has 1 N–H and O–H groups in total. The smallest absolute Gasteiger partial charge is 0.128 e. The van der Waals surface area contributed by atoms with Crippen LogP contribution in [0, 0.1) is 0 Å². The van der Waals surface area contributed by atoms with Crippen LogP contribution in [0.4, 0.5) is 0 Å². The number of aromatic nitrogens is 1. The van der Waals surface area contributed by atoms with E-state index in [9.17, 15) is 0 Å². The Kier molecular flexibility index (Phi) is 1.78. The summed E-state index contributed by atoms with van der Waals surface area (Å²) in [6, 6.07) is 4.39. The normalized spacial score (nSPS) is 21.8. The molecule has 62 valence electrons. The molecule has 1 aliphatic rings. The minimum Gasteiger partial charge on any atom is -0.366 e. The molecule has 0 aromatic carbocycles. The summed E-state index contributed by atoms with van der Waals surface area (Å²) in [5.74, 6) is 0.991. The number of amidine groups is 1. The fourth-order valence-corrected chi connectivity index (χ4v) is 1.24. The standard InChI is InChI=1S/C9H11N3/c1-7-6-11-9(12-7)8-2-4-10-5-3-8/h2-5,7H,6H2,1H3,(H,11,12). The average molecular weight is 161 g/mol. The van der Waals surface area contributed by atoms with E-state index in [0.29, 0.717) is 6.04 Å². The molecule has 1 unspecified atom stereocenters. The van der Waals surface area contributed by atoms with Gasteiger partial charge in [0.1, 0.15) is 5.84 Å². The van der Waals surface area contributed by atoms with E-state index in [1.807, 2.05) is 12.1 Å². The predicted octanol–water partition coefficient (Wildman–Crippen LogP) is 0.820. The summed E-state index contributed by atoms with van der Waals surface area (Å²) in [6.07, 6.45) is 3.56. The van der Waals surface area contributed by atoms with Crippen LogP contribution in [0.2, 0.25) is 0 Å². The van der Waals surface area contributed by atoms with Gasteiger partial charge >= 0.3 is 0 Å². The van der Waals surface area contributed by atoms with Gasteiger partial charge in [-0.3, -0.25) is 9.98 Å². The molecule has 1 aromatic rings. The zero-order valence-electron chi connectivity index (χ0n) is 6.99. The Labute approximate surface area is 71.6 Å². The second kappa shape index (κ2) is 2.93. The summed E-state index contributed by atoms with van der Waals surface area (Å²) in [5, 5.41) is 3.29. The zero-order chi connectivity index (χ0) is 8.39. The highest BCUT2D eigenvalue weighted by Crippen LogP contribution is 2.03. The quantitative estimate of drug-likeness (QED) is 0.662. The van der Waals surface area contributed by atoms with Crippen molar-refractivity contribution < 1.29 is 0 Å². The maximum absolute atomic E-state index is 4.36. The molecule has 0 saturated carbocycles. The van der Waals surface area contributed by atoms with Gasteiger partial charge in [-0.05, 0) is 19.1 Å². The first-order chi connectivity index (χ1) is 5.86.